The number of hydrogen-bond donors (Lipinski definition) is 0. The van der Waals surface area contributed by atoms with Crippen LogP contribution in [0.25, 0.3) is 11.1 Å². The minimum atomic E-state index is 0.679. The van der Waals surface area contributed by atoms with Gasteiger partial charge in [0.25, 0.3) is 0 Å². The fourth-order valence-corrected chi connectivity index (χ4v) is 6.14. The number of hydrogen-bond acceptors (Lipinski definition) is 3. The number of aryl methyl sites for hydroxylation is 2. The molecule has 3 heteroatoms. The highest BCUT2D eigenvalue weighted by Crippen LogP contribution is 2.53. The van der Waals surface area contributed by atoms with E-state index in [0.29, 0.717) is 5.92 Å². The van der Waals surface area contributed by atoms with Crippen molar-refractivity contribution in [3.8, 4) is 11.1 Å². The van der Waals surface area contributed by atoms with E-state index in [4.69, 9.17) is 0 Å². The molecule has 0 radical (unpaired) electrons. The van der Waals surface area contributed by atoms with E-state index < -0.39 is 0 Å². The Labute approximate surface area is 129 Å². The summed E-state index contributed by atoms with van der Waals surface area (Å²) in [4.78, 5) is 8.87. The molecule has 3 heterocycles. The minimum Gasteiger partial charge on any atom is -0.303 e. The van der Waals surface area contributed by atoms with Crippen molar-refractivity contribution in [3.63, 3.8) is 0 Å². The molecule has 20 heavy (non-hydrogen) atoms. The molecule has 2 aromatic heterocycles. The van der Waals surface area contributed by atoms with Crippen LogP contribution in [0.3, 0.4) is 0 Å². The molecule has 0 saturated carbocycles. The number of nitrogens with zero attached hydrogens (tertiary/aromatic N) is 1. The minimum absolute atomic E-state index is 0.679. The predicted molar refractivity (Wildman–Crippen MR) is 89.2 cm³/mol. The van der Waals surface area contributed by atoms with Gasteiger partial charge in [-0.25, -0.2) is 0 Å². The first kappa shape index (κ1) is 13.1. The Morgan fingerprint density at radius 3 is 2.10 bits per heavy atom. The first-order valence-corrected chi connectivity index (χ1v) is 9.29. The Morgan fingerprint density at radius 2 is 1.55 bits per heavy atom. The van der Waals surface area contributed by atoms with Crippen LogP contribution in [-0.2, 0) is 0 Å². The van der Waals surface area contributed by atoms with Gasteiger partial charge in [0, 0.05) is 25.4 Å². The summed E-state index contributed by atoms with van der Waals surface area (Å²) in [5.74, 6) is 0.679. The van der Waals surface area contributed by atoms with Crippen molar-refractivity contribution < 1.29 is 0 Å². The molecule has 0 aromatic carbocycles. The molecule has 0 bridgehead atoms. The van der Waals surface area contributed by atoms with Crippen LogP contribution in [0.5, 0.6) is 0 Å². The summed E-state index contributed by atoms with van der Waals surface area (Å²) in [6.45, 7) is 8.41. The Morgan fingerprint density at radius 1 is 1.00 bits per heavy atom. The van der Waals surface area contributed by atoms with Crippen molar-refractivity contribution in [1.29, 1.82) is 0 Å². The van der Waals surface area contributed by atoms with Crippen LogP contribution in [0.4, 0.5) is 0 Å². The molecule has 0 atom stereocenters. The maximum Gasteiger partial charge on any atom is 0.0302 e. The fourth-order valence-electron chi connectivity index (χ4n) is 3.70. The largest absolute Gasteiger partial charge is 0.303 e. The van der Waals surface area contributed by atoms with Crippen molar-refractivity contribution in [1.82, 2.24) is 4.90 Å². The highest BCUT2D eigenvalue weighted by Gasteiger charge is 2.32. The molecule has 106 valence electrons. The van der Waals surface area contributed by atoms with Crippen molar-refractivity contribution >= 4 is 22.7 Å². The maximum atomic E-state index is 2.65. The molecule has 2 aliphatic rings. The molecule has 0 spiro atoms. The summed E-state index contributed by atoms with van der Waals surface area (Å²) in [7, 11) is 0. The summed E-state index contributed by atoms with van der Waals surface area (Å²) in [6, 6.07) is 4.81. The maximum absolute atomic E-state index is 2.65. The molecular formula is C17H21NS2. The van der Waals surface area contributed by atoms with E-state index >= 15 is 0 Å². The number of thiophene rings is 2. The average molecular weight is 303 g/mol. The first-order valence-electron chi connectivity index (χ1n) is 7.66. The second kappa shape index (κ2) is 4.97. The lowest BCUT2D eigenvalue weighted by Gasteiger charge is -2.18. The van der Waals surface area contributed by atoms with E-state index in [9.17, 15) is 0 Å². The highest BCUT2D eigenvalue weighted by molar-refractivity contribution is 7.15. The van der Waals surface area contributed by atoms with E-state index in [1.165, 1.54) is 48.7 Å². The van der Waals surface area contributed by atoms with Crippen molar-refractivity contribution in [2.45, 2.75) is 39.0 Å². The molecule has 0 amide bonds. The van der Waals surface area contributed by atoms with Crippen molar-refractivity contribution in [3.05, 3.63) is 31.6 Å². The third kappa shape index (κ3) is 2.07. The van der Waals surface area contributed by atoms with Gasteiger partial charge in [-0.05, 0) is 76.0 Å². The molecule has 1 saturated heterocycles. The molecule has 2 aromatic rings. The highest BCUT2D eigenvalue weighted by atomic mass is 32.1. The second-order valence-electron chi connectivity index (χ2n) is 6.16. The van der Waals surface area contributed by atoms with Gasteiger partial charge in [0.2, 0.25) is 0 Å². The monoisotopic (exact) mass is 303 g/mol. The van der Waals surface area contributed by atoms with E-state index in [2.05, 4.69) is 30.9 Å². The van der Waals surface area contributed by atoms with Crippen LogP contribution in [0.2, 0.25) is 0 Å². The number of fused-ring (bicyclic) bond motifs is 3. The number of likely N-dealkylation sites (tertiary alicyclic amines) is 1. The Balaban J connectivity index is 1.63. The van der Waals surface area contributed by atoms with E-state index in [1.54, 1.807) is 20.9 Å². The van der Waals surface area contributed by atoms with Crippen LogP contribution in [0.1, 0.15) is 44.7 Å². The smallest absolute Gasteiger partial charge is 0.0302 e. The van der Waals surface area contributed by atoms with Crippen molar-refractivity contribution in [2.24, 2.45) is 0 Å². The Kier molecular flexibility index (Phi) is 3.24. The zero-order chi connectivity index (χ0) is 13.7. The lowest BCUT2D eigenvalue weighted by atomic mass is 10.1. The predicted octanol–water partition coefficient (Wildman–Crippen LogP) is 5.02. The molecular weight excluding hydrogens is 282 g/mol. The van der Waals surface area contributed by atoms with Gasteiger partial charge >= 0.3 is 0 Å². The lowest BCUT2D eigenvalue weighted by molar-refractivity contribution is 0.329. The van der Waals surface area contributed by atoms with E-state index in [-0.39, 0.29) is 0 Å². The molecule has 1 aliphatic heterocycles. The fraction of sp³-hybridized carbons (Fsp3) is 0.529. The number of rotatable bonds is 3. The zero-order valence-corrected chi connectivity index (χ0v) is 13.9. The van der Waals surface area contributed by atoms with Crippen LogP contribution in [0.15, 0.2) is 12.1 Å². The van der Waals surface area contributed by atoms with E-state index in [1.807, 2.05) is 22.7 Å². The molecule has 4 rings (SSSR count). The van der Waals surface area contributed by atoms with Gasteiger partial charge in [0.15, 0.2) is 0 Å². The van der Waals surface area contributed by atoms with Gasteiger partial charge < -0.3 is 4.90 Å². The molecule has 1 fully saturated rings. The van der Waals surface area contributed by atoms with Gasteiger partial charge in [-0.15, -0.1) is 22.7 Å². The van der Waals surface area contributed by atoms with E-state index in [0.717, 1.165) is 0 Å². The summed E-state index contributed by atoms with van der Waals surface area (Å²) in [5, 5.41) is 0. The molecule has 0 N–H and O–H groups in total. The zero-order valence-electron chi connectivity index (χ0n) is 12.2. The second-order valence-corrected chi connectivity index (χ2v) is 8.74. The van der Waals surface area contributed by atoms with Gasteiger partial charge in [-0.2, -0.15) is 0 Å². The summed E-state index contributed by atoms with van der Waals surface area (Å²) in [5.41, 5.74) is 3.08. The third-order valence-corrected chi connectivity index (χ3v) is 6.95. The quantitative estimate of drug-likeness (QED) is 0.769. The normalized spacial score (nSPS) is 18.7. The van der Waals surface area contributed by atoms with Crippen LogP contribution in [-0.4, -0.2) is 24.5 Å². The SMILES string of the molecule is Cc1cc2c(s1)C(CCN1CCCC1)c1sc(C)cc1-2. The van der Waals surface area contributed by atoms with Gasteiger partial charge in [-0.1, -0.05) is 0 Å². The van der Waals surface area contributed by atoms with Gasteiger partial charge in [0.1, 0.15) is 0 Å². The van der Waals surface area contributed by atoms with Crippen LogP contribution in [0, 0.1) is 13.8 Å². The Hall–Kier alpha value is -0.640. The van der Waals surface area contributed by atoms with Crippen LogP contribution < -0.4 is 0 Å². The third-order valence-electron chi connectivity index (χ3n) is 4.62. The van der Waals surface area contributed by atoms with Crippen LogP contribution >= 0.6 is 22.7 Å². The summed E-state index contributed by atoms with van der Waals surface area (Å²) in [6.07, 6.45) is 4.11. The average Bonchev–Trinajstić information content (AvgIpc) is 3.12. The lowest BCUT2D eigenvalue weighted by Crippen LogP contribution is -2.21. The summed E-state index contributed by atoms with van der Waals surface area (Å²) >= 11 is 4.05. The first-order chi connectivity index (χ1) is 9.72. The molecule has 0 unspecified atom stereocenters. The standard InChI is InChI=1S/C17H21NS2/c1-11-9-14-15-10-12(2)20-17(15)13(16(14)19-11)5-8-18-6-3-4-7-18/h9-10,13H,3-8H2,1-2H3. The molecule has 1 nitrogen and oxygen atoms in total. The summed E-state index contributed by atoms with van der Waals surface area (Å²) < 4.78 is 0. The van der Waals surface area contributed by atoms with Gasteiger partial charge in [0.05, 0.1) is 0 Å². The van der Waals surface area contributed by atoms with Gasteiger partial charge in [-0.3, -0.25) is 0 Å². The topological polar surface area (TPSA) is 3.24 Å². The van der Waals surface area contributed by atoms with Crippen molar-refractivity contribution in [2.75, 3.05) is 19.6 Å². The Bertz CT molecular complexity index is 585. The molecule has 1 aliphatic carbocycles.